The number of aromatic nitrogens is 1. The molecular weight excluding hydrogens is 304 g/mol. The first-order valence-corrected chi connectivity index (χ1v) is 8.96. The molecule has 0 aliphatic heterocycles. The van der Waals surface area contributed by atoms with E-state index in [1.165, 1.54) is 0 Å². The highest BCUT2D eigenvalue weighted by molar-refractivity contribution is 7.14. The first-order valence-electron chi connectivity index (χ1n) is 7.14. The predicted molar refractivity (Wildman–Crippen MR) is 87.7 cm³/mol. The van der Waals surface area contributed by atoms with E-state index >= 15 is 0 Å². The Morgan fingerprint density at radius 2 is 2.10 bits per heavy atom. The summed E-state index contributed by atoms with van der Waals surface area (Å²) in [6.07, 6.45) is 4.21. The molecule has 0 fully saturated rings. The van der Waals surface area contributed by atoms with E-state index in [1.807, 2.05) is 16.8 Å². The zero-order valence-electron chi connectivity index (χ0n) is 11.9. The standard InChI is InChI=1S/C15H20N2O2S2/c18-7-4-2-1-3-6-16-14(19)9-13-11-21-15(17-13)12-5-8-20-10-12/h5,8,10-11,18H,1-4,6-7,9H2,(H,16,19). The second-order valence-electron chi connectivity index (χ2n) is 4.82. The lowest BCUT2D eigenvalue weighted by Crippen LogP contribution is -2.26. The molecule has 2 heterocycles. The molecule has 0 radical (unpaired) electrons. The van der Waals surface area contributed by atoms with Gasteiger partial charge >= 0.3 is 0 Å². The minimum atomic E-state index is 0.0272. The average Bonchev–Trinajstić information content (AvgIpc) is 3.13. The van der Waals surface area contributed by atoms with Crippen LogP contribution in [0.4, 0.5) is 0 Å². The largest absolute Gasteiger partial charge is 0.396 e. The van der Waals surface area contributed by atoms with Crippen LogP contribution in [0.5, 0.6) is 0 Å². The fourth-order valence-corrected chi connectivity index (χ4v) is 3.48. The molecule has 2 rings (SSSR count). The lowest BCUT2D eigenvalue weighted by Gasteiger charge is -2.03. The molecule has 0 aromatic carbocycles. The maximum absolute atomic E-state index is 11.8. The number of carbonyl (C=O) groups excluding carboxylic acids is 1. The number of unbranched alkanes of at least 4 members (excludes halogenated alkanes) is 3. The summed E-state index contributed by atoms with van der Waals surface area (Å²) in [5.74, 6) is 0.0272. The summed E-state index contributed by atoms with van der Waals surface area (Å²) in [4.78, 5) is 16.3. The third kappa shape index (κ3) is 5.57. The third-order valence-electron chi connectivity index (χ3n) is 3.07. The van der Waals surface area contributed by atoms with Crippen molar-refractivity contribution in [3.05, 3.63) is 27.9 Å². The molecule has 0 aliphatic carbocycles. The van der Waals surface area contributed by atoms with E-state index in [0.29, 0.717) is 13.0 Å². The van der Waals surface area contributed by atoms with Gasteiger partial charge < -0.3 is 10.4 Å². The van der Waals surface area contributed by atoms with E-state index in [0.717, 1.165) is 41.9 Å². The van der Waals surface area contributed by atoms with Gasteiger partial charge in [-0.15, -0.1) is 11.3 Å². The number of hydrogen-bond donors (Lipinski definition) is 2. The number of amides is 1. The molecule has 2 N–H and O–H groups in total. The Morgan fingerprint density at radius 3 is 2.86 bits per heavy atom. The summed E-state index contributed by atoms with van der Waals surface area (Å²) in [6.45, 7) is 0.953. The number of nitrogens with one attached hydrogen (secondary N) is 1. The van der Waals surface area contributed by atoms with Gasteiger partial charge in [-0.25, -0.2) is 4.98 Å². The fraction of sp³-hybridized carbons (Fsp3) is 0.467. The molecule has 114 valence electrons. The van der Waals surface area contributed by atoms with Gasteiger partial charge in [0.05, 0.1) is 12.1 Å². The van der Waals surface area contributed by atoms with Crippen LogP contribution in [0.1, 0.15) is 31.4 Å². The second-order valence-corrected chi connectivity index (χ2v) is 6.46. The van der Waals surface area contributed by atoms with Crippen LogP contribution in [0.2, 0.25) is 0 Å². The Morgan fingerprint density at radius 1 is 1.24 bits per heavy atom. The van der Waals surface area contributed by atoms with Crippen molar-refractivity contribution in [2.75, 3.05) is 13.2 Å². The van der Waals surface area contributed by atoms with Crippen LogP contribution in [0.25, 0.3) is 10.6 Å². The van der Waals surface area contributed by atoms with Crippen molar-refractivity contribution in [3.63, 3.8) is 0 Å². The Bertz CT molecular complexity index is 538. The van der Waals surface area contributed by atoms with Crippen LogP contribution in [0.3, 0.4) is 0 Å². The number of thiazole rings is 1. The van der Waals surface area contributed by atoms with E-state index in [9.17, 15) is 4.79 Å². The van der Waals surface area contributed by atoms with E-state index in [4.69, 9.17) is 5.11 Å². The zero-order chi connectivity index (χ0) is 14.9. The molecule has 21 heavy (non-hydrogen) atoms. The number of carbonyl (C=O) groups is 1. The van der Waals surface area contributed by atoms with E-state index in [2.05, 4.69) is 15.7 Å². The molecule has 0 saturated carbocycles. The van der Waals surface area contributed by atoms with Gasteiger partial charge in [0, 0.05) is 29.5 Å². The minimum Gasteiger partial charge on any atom is -0.396 e. The average molecular weight is 324 g/mol. The zero-order valence-corrected chi connectivity index (χ0v) is 13.5. The highest BCUT2D eigenvalue weighted by Gasteiger charge is 2.08. The highest BCUT2D eigenvalue weighted by Crippen LogP contribution is 2.25. The van der Waals surface area contributed by atoms with Crippen molar-refractivity contribution >= 4 is 28.6 Å². The maximum Gasteiger partial charge on any atom is 0.226 e. The molecule has 2 aromatic heterocycles. The number of nitrogens with zero attached hydrogens (tertiary/aromatic N) is 1. The number of hydrogen-bond acceptors (Lipinski definition) is 5. The van der Waals surface area contributed by atoms with Gasteiger partial charge in [0.2, 0.25) is 5.91 Å². The first-order chi connectivity index (χ1) is 10.3. The van der Waals surface area contributed by atoms with Crippen molar-refractivity contribution in [3.8, 4) is 10.6 Å². The normalized spacial score (nSPS) is 10.7. The smallest absolute Gasteiger partial charge is 0.226 e. The molecule has 0 spiro atoms. The minimum absolute atomic E-state index is 0.0272. The van der Waals surface area contributed by atoms with Gasteiger partial charge in [-0.05, 0) is 24.3 Å². The SMILES string of the molecule is O=C(Cc1csc(-c2ccsc2)n1)NCCCCCCO. The molecule has 2 aromatic rings. The van der Waals surface area contributed by atoms with Gasteiger partial charge in [0.25, 0.3) is 0 Å². The monoisotopic (exact) mass is 324 g/mol. The number of aliphatic hydroxyl groups excluding tert-OH is 1. The molecular formula is C15H20N2O2S2. The molecule has 4 nitrogen and oxygen atoms in total. The van der Waals surface area contributed by atoms with Gasteiger partial charge in [-0.2, -0.15) is 11.3 Å². The summed E-state index contributed by atoms with van der Waals surface area (Å²) in [5.41, 5.74) is 1.96. The molecule has 0 bridgehead atoms. The molecule has 0 unspecified atom stereocenters. The molecule has 1 amide bonds. The van der Waals surface area contributed by atoms with Crippen LogP contribution in [-0.2, 0) is 11.2 Å². The van der Waals surface area contributed by atoms with Crippen LogP contribution in [-0.4, -0.2) is 29.1 Å². The predicted octanol–water partition coefficient (Wildman–Crippen LogP) is 3.08. The molecule has 0 aliphatic rings. The third-order valence-corrected chi connectivity index (χ3v) is 4.69. The highest BCUT2D eigenvalue weighted by atomic mass is 32.1. The summed E-state index contributed by atoms with van der Waals surface area (Å²) in [5, 5.41) is 18.6. The Kier molecular flexibility index (Phi) is 6.85. The number of aliphatic hydroxyl groups is 1. The van der Waals surface area contributed by atoms with Gasteiger partial charge in [0.1, 0.15) is 5.01 Å². The fourth-order valence-electron chi connectivity index (χ4n) is 1.95. The Labute approximate surface area is 132 Å². The van der Waals surface area contributed by atoms with Crippen LogP contribution >= 0.6 is 22.7 Å². The van der Waals surface area contributed by atoms with Crippen molar-refractivity contribution in [2.45, 2.75) is 32.1 Å². The van der Waals surface area contributed by atoms with Gasteiger partial charge in [-0.3, -0.25) is 4.79 Å². The molecule has 0 saturated heterocycles. The van der Waals surface area contributed by atoms with Crippen LogP contribution < -0.4 is 5.32 Å². The summed E-state index contributed by atoms with van der Waals surface area (Å²) < 4.78 is 0. The first kappa shape index (κ1) is 16.1. The molecule has 6 heteroatoms. The van der Waals surface area contributed by atoms with E-state index < -0.39 is 0 Å². The Balaban J connectivity index is 1.68. The van der Waals surface area contributed by atoms with Gasteiger partial charge in [-0.1, -0.05) is 12.8 Å². The van der Waals surface area contributed by atoms with Crippen LogP contribution in [0, 0.1) is 0 Å². The Hall–Kier alpha value is -1.24. The van der Waals surface area contributed by atoms with Gasteiger partial charge in [0.15, 0.2) is 0 Å². The lowest BCUT2D eigenvalue weighted by molar-refractivity contribution is -0.120. The quantitative estimate of drug-likeness (QED) is 0.697. The van der Waals surface area contributed by atoms with Crippen molar-refractivity contribution < 1.29 is 9.90 Å². The number of rotatable bonds is 9. The van der Waals surface area contributed by atoms with Crippen LogP contribution in [0.15, 0.2) is 22.2 Å². The van der Waals surface area contributed by atoms with Crippen molar-refractivity contribution in [1.29, 1.82) is 0 Å². The van der Waals surface area contributed by atoms with Crippen molar-refractivity contribution in [1.82, 2.24) is 10.3 Å². The number of thiophene rings is 1. The van der Waals surface area contributed by atoms with E-state index in [-0.39, 0.29) is 12.5 Å². The second kappa shape index (κ2) is 8.92. The lowest BCUT2D eigenvalue weighted by atomic mass is 10.2. The molecule has 0 atom stereocenters. The van der Waals surface area contributed by atoms with E-state index in [1.54, 1.807) is 22.7 Å². The topological polar surface area (TPSA) is 62.2 Å². The van der Waals surface area contributed by atoms with Crippen molar-refractivity contribution in [2.24, 2.45) is 0 Å². The maximum atomic E-state index is 11.8. The summed E-state index contributed by atoms with van der Waals surface area (Å²) in [6, 6.07) is 2.04. The summed E-state index contributed by atoms with van der Waals surface area (Å²) in [7, 11) is 0. The summed E-state index contributed by atoms with van der Waals surface area (Å²) >= 11 is 3.23.